The van der Waals surface area contributed by atoms with Gasteiger partial charge in [-0.05, 0) is 13.0 Å². The van der Waals surface area contributed by atoms with Crippen LogP contribution in [0, 0.1) is 17.0 Å². The van der Waals surface area contributed by atoms with E-state index in [9.17, 15) is 10.1 Å². The highest BCUT2D eigenvalue weighted by Crippen LogP contribution is 2.24. The van der Waals surface area contributed by atoms with Crippen molar-refractivity contribution >= 4 is 28.2 Å². The molecule has 3 heterocycles. The Balaban J connectivity index is 1.67. The quantitative estimate of drug-likeness (QED) is 0.624. The molecule has 23 heavy (non-hydrogen) atoms. The van der Waals surface area contributed by atoms with Gasteiger partial charge >= 0.3 is 0 Å². The number of pyridine rings is 1. The monoisotopic (exact) mass is 334 g/mol. The molecule has 1 aliphatic rings. The lowest BCUT2D eigenvalue weighted by Gasteiger charge is -2.35. The molecule has 1 saturated heterocycles. The Morgan fingerprint density at radius 1 is 1.30 bits per heavy atom. The zero-order chi connectivity index (χ0) is 16.4. The molecule has 0 N–H and O–H groups in total. The van der Waals surface area contributed by atoms with Crippen LogP contribution in [0.4, 0.5) is 16.6 Å². The normalized spacial score (nSPS) is 15.0. The number of nitrogens with zero attached hydrogens (tertiary/aromatic N) is 6. The maximum atomic E-state index is 10.9. The molecule has 0 aliphatic carbocycles. The molecule has 0 spiro atoms. The Labute approximate surface area is 138 Å². The third-order valence-electron chi connectivity index (χ3n) is 3.91. The Morgan fingerprint density at radius 2 is 2.00 bits per heavy atom. The van der Waals surface area contributed by atoms with E-state index < -0.39 is 4.92 Å². The largest absolute Gasteiger partial charge is 0.353 e. The number of piperazine rings is 1. The average molecular weight is 334 g/mol. The molecule has 2 aromatic heterocycles. The van der Waals surface area contributed by atoms with Crippen LogP contribution in [0.1, 0.15) is 18.3 Å². The zero-order valence-electron chi connectivity index (χ0n) is 13.1. The molecule has 0 unspecified atom stereocenters. The Hall–Kier alpha value is -2.29. The molecule has 0 radical (unpaired) electrons. The molecule has 9 heteroatoms. The first-order valence-electron chi connectivity index (χ1n) is 7.52. The van der Waals surface area contributed by atoms with Gasteiger partial charge < -0.3 is 9.80 Å². The van der Waals surface area contributed by atoms with E-state index in [0.717, 1.165) is 49.4 Å². The molecule has 0 saturated carbocycles. The molecule has 1 aliphatic heterocycles. The van der Waals surface area contributed by atoms with Gasteiger partial charge in [-0.1, -0.05) is 6.92 Å². The van der Waals surface area contributed by atoms with Gasteiger partial charge in [0.2, 0.25) is 5.13 Å². The molecule has 3 rings (SSSR count). The molecule has 0 atom stereocenters. The van der Waals surface area contributed by atoms with Gasteiger partial charge in [0.25, 0.3) is 5.69 Å². The summed E-state index contributed by atoms with van der Waals surface area (Å²) < 4.78 is 4.32. The standard InChI is InChI=1S/C14H18N6O2S/c1-3-12-16-14(23-17-12)19-6-4-18(5-7-19)13-8-10(2)11(9-15-13)20(21)22/h8-9H,3-7H2,1-2H3. The first-order valence-corrected chi connectivity index (χ1v) is 8.29. The van der Waals surface area contributed by atoms with Crippen molar-refractivity contribution in [2.45, 2.75) is 20.3 Å². The smallest absolute Gasteiger partial charge is 0.290 e. The summed E-state index contributed by atoms with van der Waals surface area (Å²) in [6.07, 6.45) is 2.19. The molecule has 0 aromatic carbocycles. The van der Waals surface area contributed by atoms with E-state index in [-0.39, 0.29) is 5.69 Å². The Kier molecular flexibility index (Phi) is 4.37. The number of nitro groups is 1. The topological polar surface area (TPSA) is 88.3 Å². The Bertz CT molecular complexity index is 711. The minimum Gasteiger partial charge on any atom is -0.353 e. The van der Waals surface area contributed by atoms with Crippen molar-refractivity contribution in [3.63, 3.8) is 0 Å². The third kappa shape index (κ3) is 3.24. The van der Waals surface area contributed by atoms with Gasteiger partial charge in [0.1, 0.15) is 17.8 Å². The number of aromatic nitrogens is 3. The maximum Gasteiger partial charge on any atom is 0.290 e. The predicted octanol–water partition coefficient (Wildman–Crippen LogP) is 2.04. The lowest BCUT2D eigenvalue weighted by atomic mass is 10.2. The number of hydrogen-bond acceptors (Lipinski definition) is 8. The summed E-state index contributed by atoms with van der Waals surface area (Å²) in [5, 5.41) is 11.8. The van der Waals surface area contributed by atoms with Gasteiger partial charge in [0, 0.05) is 49.7 Å². The fourth-order valence-corrected chi connectivity index (χ4v) is 3.34. The first-order chi connectivity index (χ1) is 11.1. The van der Waals surface area contributed by atoms with Crippen LogP contribution in [-0.4, -0.2) is 45.4 Å². The molecular formula is C14H18N6O2S. The van der Waals surface area contributed by atoms with E-state index in [1.54, 1.807) is 13.0 Å². The summed E-state index contributed by atoms with van der Waals surface area (Å²) in [5.41, 5.74) is 0.701. The molecule has 0 bridgehead atoms. The van der Waals surface area contributed by atoms with Crippen LogP contribution in [0.25, 0.3) is 0 Å². The molecule has 8 nitrogen and oxygen atoms in total. The average Bonchev–Trinajstić information content (AvgIpc) is 3.03. The van der Waals surface area contributed by atoms with Crippen molar-refractivity contribution in [2.24, 2.45) is 0 Å². The van der Waals surface area contributed by atoms with E-state index in [1.165, 1.54) is 17.7 Å². The second kappa shape index (κ2) is 6.45. The summed E-state index contributed by atoms with van der Waals surface area (Å²) in [6, 6.07) is 1.79. The van der Waals surface area contributed by atoms with Crippen LogP contribution in [0.15, 0.2) is 12.3 Å². The summed E-state index contributed by atoms with van der Waals surface area (Å²) >= 11 is 1.44. The van der Waals surface area contributed by atoms with E-state index in [2.05, 4.69) is 24.1 Å². The highest BCUT2D eigenvalue weighted by atomic mass is 32.1. The van der Waals surface area contributed by atoms with Crippen LogP contribution in [0.2, 0.25) is 0 Å². The van der Waals surface area contributed by atoms with Crippen LogP contribution in [0.3, 0.4) is 0 Å². The number of anilines is 2. The second-order valence-electron chi connectivity index (χ2n) is 5.41. The first kappa shape index (κ1) is 15.6. The number of rotatable bonds is 4. The number of hydrogen-bond donors (Lipinski definition) is 0. The maximum absolute atomic E-state index is 10.9. The van der Waals surface area contributed by atoms with E-state index in [4.69, 9.17) is 0 Å². The minimum atomic E-state index is -0.398. The lowest BCUT2D eigenvalue weighted by Crippen LogP contribution is -2.46. The number of aryl methyl sites for hydroxylation is 2. The van der Waals surface area contributed by atoms with Crippen LogP contribution in [-0.2, 0) is 6.42 Å². The Morgan fingerprint density at radius 3 is 2.57 bits per heavy atom. The second-order valence-corrected chi connectivity index (χ2v) is 6.14. The van der Waals surface area contributed by atoms with Crippen molar-refractivity contribution in [1.82, 2.24) is 14.3 Å². The fourth-order valence-electron chi connectivity index (χ4n) is 2.54. The van der Waals surface area contributed by atoms with Crippen LogP contribution in [0.5, 0.6) is 0 Å². The summed E-state index contributed by atoms with van der Waals surface area (Å²) in [6.45, 7) is 7.10. The summed E-state index contributed by atoms with van der Waals surface area (Å²) in [5.74, 6) is 1.68. The van der Waals surface area contributed by atoms with Gasteiger partial charge in [-0.2, -0.15) is 4.37 Å². The summed E-state index contributed by atoms with van der Waals surface area (Å²) in [7, 11) is 0. The molecular weight excluding hydrogens is 316 g/mol. The van der Waals surface area contributed by atoms with Gasteiger partial charge in [-0.15, -0.1) is 0 Å². The highest BCUT2D eigenvalue weighted by Gasteiger charge is 2.22. The van der Waals surface area contributed by atoms with Crippen molar-refractivity contribution in [2.75, 3.05) is 36.0 Å². The van der Waals surface area contributed by atoms with Crippen molar-refractivity contribution in [3.8, 4) is 0 Å². The van der Waals surface area contributed by atoms with Crippen molar-refractivity contribution in [3.05, 3.63) is 33.8 Å². The molecule has 1 fully saturated rings. The van der Waals surface area contributed by atoms with Gasteiger partial charge in [0.05, 0.1) is 4.92 Å². The van der Waals surface area contributed by atoms with Gasteiger partial charge in [-0.25, -0.2) is 9.97 Å². The predicted molar refractivity (Wildman–Crippen MR) is 89.3 cm³/mol. The third-order valence-corrected chi connectivity index (χ3v) is 4.73. The SMILES string of the molecule is CCc1nsc(N2CCN(c3cc(C)c([N+](=O)[O-])cn3)CC2)n1. The lowest BCUT2D eigenvalue weighted by molar-refractivity contribution is -0.385. The molecule has 2 aromatic rings. The fraction of sp³-hybridized carbons (Fsp3) is 0.500. The molecule has 122 valence electrons. The van der Waals surface area contributed by atoms with E-state index >= 15 is 0 Å². The van der Waals surface area contributed by atoms with Crippen LogP contribution >= 0.6 is 11.5 Å². The molecule has 0 amide bonds. The van der Waals surface area contributed by atoms with Crippen molar-refractivity contribution < 1.29 is 4.92 Å². The van der Waals surface area contributed by atoms with E-state index in [1.807, 2.05) is 6.92 Å². The van der Waals surface area contributed by atoms with E-state index in [0.29, 0.717) is 5.56 Å². The zero-order valence-corrected chi connectivity index (χ0v) is 13.9. The van der Waals surface area contributed by atoms with Crippen molar-refractivity contribution in [1.29, 1.82) is 0 Å². The highest BCUT2D eigenvalue weighted by molar-refractivity contribution is 7.09. The summed E-state index contributed by atoms with van der Waals surface area (Å²) in [4.78, 5) is 23.6. The van der Waals surface area contributed by atoms with Gasteiger partial charge in [-0.3, -0.25) is 10.1 Å². The van der Waals surface area contributed by atoms with Crippen LogP contribution < -0.4 is 9.80 Å². The van der Waals surface area contributed by atoms with Gasteiger partial charge in [0.15, 0.2) is 0 Å². The minimum absolute atomic E-state index is 0.0633.